The lowest BCUT2D eigenvalue weighted by atomic mass is 9.67. The fourth-order valence-corrected chi connectivity index (χ4v) is 7.24. The van der Waals surface area contributed by atoms with Crippen LogP contribution in [0.1, 0.15) is 47.4 Å². The van der Waals surface area contributed by atoms with E-state index in [-0.39, 0.29) is 0 Å². The molecule has 1 unspecified atom stereocenters. The van der Waals surface area contributed by atoms with E-state index in [1.54, 1.807) is 7.11 Å². The lowest BCUT2D eigenvalue weighted by molar-refractivity contribution is -0.0418. The number of nitrogens with one attached hydrogen (secondary N) is 1. The first-order chi connectivity index (χ1) is 19.3. The lowest BCUT2D eigenvalue weighted by Gasteiger charge is -2.58. The van der Waals surface area contributed by atoms with Gasteiger partial charge in [0.25, 0.3) is 0 Å². The molecule has 0 saturated carbocycles. The van der Waals surface area contributed by atoms with Crippen LogP contribution in [0.3, 0.4) is 0 Å². The molecule has 3 heteroatoms. The summed E-state index contributed by atoms with van der Waals surface area (Å²) in [5.41, 5.74) is 5.50. The molecule has 0 amide bonds. The average Bonchev–Trinajstić information content (AvgIpc) is 3.01. The van der Waals surface area contributed by atoms with Gasteiger partial charge < -0.3 is 10.1 Å². The Labute approximate surface area is 233 Å². The summed E-state index contributed by atoms with van der Waals surface area (Å²) in [6.45, 7) is 2.00. The number of rotatable bonds is 10. The summed E-state index contributed by atoms with van der Waals surface area (Å²) in [6.07, 6.45) is 4.89. The van der Waals surface area contributed by atoms with Gasteiger partial charge in [0.2, 0.25) is 0 Å². The van der Waals surface area contributed by atoms with E-state index in [9.17, 15) is 0 Å². The van der Waals surface area contributed by atoms with Gasteiger partial charge in [0.1, 0.15) is 5.75 Å². The lowest BCUT2D eigenvalue weighted by Crippen LogP contribution is -2.67. The third-order valence-electron chi connectivity index (χ3n) is 9.05. The van der Waals surface area contributed by atoms with Crippen molar-refractivity contribution in [3.05, 3.63) is 138 Å². The Morgan fingerprint density at radius 3 is 2.08 bits per heavy atom. The highest BCUT2D eigenvalue weighted by Crippen LogP contribution is 2.45. The van der Waals surface area contributed by atoms with Crippen molar-refractivity contribution < 1.29 is 4.74 Å². The summed E-state index contributed by atoms with van der Waals surface area (Å²) in [6, 6.07) is 43.2. The molecule has 4 aromatic rings. The fraction of sp³-hybridized carbons (Fsp3) is 0.333. The molecule has 1 N–H and O–H groups in total. The van der Waals surface area contributed by atoms with E-state index in [4.69, 9.17) is 4.74 Å². The molecule has 200 valence electrons. The zero-order valence-corrected chi connectivity index (χ0v) is 23.0. The third kappa shape index (κ3) is 5.66. The summed E-state index contributed by atoms with van der Waals surface area (Å²) in [5, 5.41) is 4.09. The Kier molecular flexibility index (Phi) is 8.08. The van der Waals surface area contributed by atoms with Gasteiger partial charge in [0.15, 0.2) is 0 Å². The Morgan fingerprint density at radius 1 is 0.795 bits per heavy atom. The van der Waals surface area contributed by atoms with Crippen LogP contribution in [0.5, 0.6) is 5.75 Å². The molecule has 3 fully saturated rings. The number of hydrogen-bond donors (Lipinski definition) is 1. The molecule has 0 radical (unpaired) electrons. The van der Waals surface area contributed by atoms with Gasteiger partial charge in [-0.25, -0.2) is 0 Å². The van der Waals surface area contributed by atoms with E-state index in [2.05, 4.69) is 125 Å². The molecule has 0 aromatic heterocycles. The van der Waals surface area contributed by atoms with Gasteiger partial charge in [-0.1, -0.05) is 109 Å². The van der Waals surface area contributed by atoms with Gasteiger partial charge in [-0.05, 0) is 60.9 Å². The minimum Gasteiger partial charge on any atom is -0.496 e. The molecule has 3 aliphatic rings. The van der Waals surface area contributed by atoms with Gasteiger partial charge in [0, 0.05) is 36.2 Å². The minimum atomic E-state index is 0.310. The van der Waals surface area contributed by atoms with E-state index >= 15 is 0 Å². The Morgan fingerprint density at radius 2 is 1.41 bits per heavy atom. The van der Waals surface area contributed by atoms with Crippen molar-refractivity contribution in [3.63, 3.8) is 0 Å². The zero-order valence-electron chi connectivity index (χ0n) is 23.0. The average molecular weight is 517 g/mol. The molecule has 39 heavy (non-hydrogen) atoms. The number of methoxy groups -OCH3 is 1. The van der Waals surface area contributed by atoms with Gasteiger partial charge in [0.05, 0.1) is 7.11 Å². The van der Waals surface area contributed by atoms with Crippen LogP contribution in [-0.4, -0.2) is 36.7 Å². The molecule has 3 aliphatic heterocycles. The Hall–Kier alpha value is -3.40. The van der Waals surface area contributed by atoms with Crippen molar-refractivity contribution in [2.24, 2.45) is 5.92 Å². The fourth-order valence-electron chi connectivity index (χ4n) is 7.24. The summed E-state index contributed by atoms with van der Waals surface area (Å²) in [5.74, 6) is 1.93. The molecule has 3 nitrogen and oxygen atoms in total. The van der Waals surface area contributed by atoms with Crippen molar-refractivity contribution in [3.8, 4) is 5.75 Å². The first-order valence-corrected chi connectivity index (χ1v) is 14.6. The van der Waals surface area contributed by atoms with Crippen LogP contribution < -0.4 is 10.1 Å². The van der Waals surface area contributed by atoms with E-state index < -0.39 is 0 Å². The number of nitrogens with zero attached hydrogens (tertiary/aromatic N) is 1. The maximum absolute atomic E-state index is 5.70. The Balaban J connectivity index is 1.34. The molecule has 4 aromatic carbocycles. The van der Waals surface area contributed by atoms with Crippen LogP contribution in [0.15, 0.2) is 115 Å². The predicted molar refractivity (Wildman–Crippen MR) is 160 cm³/mol. The summed E-state index contributed by atoms with van der Waals surface area (Å²) >= 11 is 0. The summed E-state index contributed by atoms with van der Waals surface area (Å²) in [4.78, 5) is 2.88. The molecule has 0 spiro atoms. The van der Waals surface area contributed by atoms with Crippen LogP contribution in [0.25, 0.3) is 0 Å². The molecule has 2 bridgehead atoms. The van der Waals surface area contributed by atoms with Gasteiger partial charge >= 0.3 is 0 Å². The van der Waals surface area contributed by atoms with Crippen molar-refractivity contribution in [2.45, 2.75) is 56.3 Å². The highest BCUT2D eigenvalue weighted by atomic mass is 16.5. The largest absolute Gasteiger partial charge is 0.496 e. The van der Waals surface area contributed by atoms with Crippen LogP contribution in [0.4, 0.5) is 0 Å². The SMILES string of the molecule is COc1ccccc1CN[C@@H]1[C@H]2CCN([C@H](CCc3ccccc3)C2)[C@@H]1C(c1ccccc1)c1ccccc1. The molecule has 3 heterocycles. The van der Waals surface area contributed by atoms with Crippen molar-refractivity contribution in [2.75, 3.05) is 13.7 Å². The molecular weight excluding hydrogens is 476 g/mol. The summed E-state index contributed by atoms with van der Waals surface area (Å²) in [7, 11) is 1.77. The topological polar surface area (TPSA) is 24.5 Å². The van der Waals surface area contributed by atoms with E-state index in [0.717, 1.165) is 18.7 Å². The van der Waals surface area contributed by atoms with Gasteiger partial charge in [-0.2, -0.15) is 0 Å². The Bertz CT molecular complexity index is 1270. The maximum atomic E-state index is 5.70. The number of piperidine rings is 3. The normalized spacial score (nSPS) is 24.1. The highest BCUT2D eigenvalue weighted by molar-refractivity contribution is 5.37. The molecule has 7 rings (SSSR count). The number of hydrogen-bond acceptors (Lipinski definition) is 3. The van der Waals surface area contributed by atoms with Crippen LogP contribution >= 0.6 is 0 Å². The van der Waals surface area contributed by atoms with Crippen molar-refractivity contribution in [1.29, 1.82) is 0 Å². The van der Waals surface area contributed by atoms with Gasteiger partial charge in [-0.15, -0.1) is 0 Å². The standard InChI is InChI=1S/C36H40N2O/c1-39-33-20-12-11-19-31(33)26-37-35-30-23-24-38(32(25-30)22-21-27-13-5-2-6-14-27)36(35)34(28-15-7-3-8-16-28)29-17-9-4-10-18-29/h2-20,30,32,34-37H,21-26H2,1H3/t30-,32+,35+,36+/m0/s1. The van der Waals surface area contributed by atoms with Crippen molar-refractivity contribution in [1.82, 2.24) is 10.2 Å². The third-order valence-corrected chi connectivity index (χ3v) is 9.05. The second-order valence-electron chi connectivity index (χ2n) is 11.2. The molecule has 5 atom stereocenters. The zero-order chi connectivity index (χ0) is 26.4. The quantitative estimate of drug-likeness (QED) is 0.244. The monoisotopic (exact) mass is 516 g/mol. The number of fused-ring (bicyclic) bond motifs is 3. The molecule has 3 saturated heterocycles. The molecular formula is C36H40N2O. The number of para-hydroxylation sites is 1. The summed E-state index contributed by atoms with van der Waals surface area (Å²) < 4.78 is 5.70. The minimum absolute atomic E-state index is 0.310. The predicted octanol–water partition coefficient (Wildman–Crippen LogP) is 7.08. The first-order valence-electron chi connectivity index (χ1n) is 14.6. The van der Waals surface area contributed by atoms with Crippen LogP contribution in [0.2, 0.25) is 0 Å². The number of aryl methyl sites for hydroxylation is 1. The maximum Gasteiger partial charge on any atom is 0.123 e. The smallest absolute Gasteiger partial charge is 0.123 e. The van der Waals surface area contributed by atoms with E-state index in [0.29, 0.717) is 30.0 Å². The van der Waals surface area contributed by atoms with Crippen molar-refractivity contribution >= 4 is 0 Å². The second kappa shape index (κ2) is 12.2. The van der Waals surface area contributed by atoms with E-state index in [1.165, 1.54) is 48.1 Å². The highest BCUT2D eigenvalue weighted by Gasteiger charge is 2.49. The second-order valence-corrected chi connectivity index (χ2v) is 11.2. The molecule has 0 aliphatic carbocycles. The number of benzene rings is 4. The number of ether oxygens (including phenoxy) is 1. The van der Waals surface area contributed by atoms with Gasteiger partial charge in [-0.3, -0.25) is 4.90 Å². The van der Waals surface area contributed by atoms with E-state index in [1.807, 2.05) is 0 Å². The first kappa shape index (κ1) is 25.9. The van der Waals surface area contributed by atoms with Crippen LogP contribution in [-0.2, 0) is 13.0 Å². The van der Waals surface area contributed by atoms with Crippen LogP contribution in [0, 0.1) is 5.92 Å².